The number of nitrogens with one attached hydrogen (secondary N) is 1. The number of ether oxygens (including phenoxy) is 1. The third kappa shape index (κ3) is 4.58. The molecule has 2 aromatic carbocycles. The molecule has 116 valence electrons. The van der Waals surface area contributed by atoms with Crippen LogP contribution >= 0.6 is 0 Å². The van der Waals surface area contributed by atoms with Crippen molar-refractivity contribution < 1.29 is 13.9 Å². The molecule has 0 saturated heterocycles. The number of amides is 1. The molecule has 0 aromatic heterocycles. The van der Waals surface area contributed by atoms with Crippen LogP contribution in [0.15, 0.2) is 48.5 Å². The molecule has 0 aliphatic carbocycles. The van der Waals surface area contributed by atoms with Gasteiger partial charge in [-0.15, -0.1) is 0 Å². The van der Waals surface area contributed by atoms with E-state index in [-0.39, 0.29) is 11.7 Å². The Morgan fingerprint density at radius 3 is 2.36 bits per heavy atom. The maximum absolute atomic E-state index is 12.9. The van der Waals surface area contributed by atoms with Crippen molar-refractivity contribution >= 4 is 5.91 Å². The van der Waals surface area contributed by atoms with E-state index in [9.17, 15) is 9.18 Å². The maximum Gasteiger partial charge on any atom is 0.261 e. The molecule has 0 fully saturated rings. The molecule has 1 amide bonds. The minimum atomic E-state index is -0.587. The number of carbonyl (C=O) groups is 1. The number of hydrogen-bond donors (Lipinski definition) is 1. The predicted molar refractivity (Wildman–Crippen MR) is 84.1 cm³/mol. The van der Waals surface area contributed by atoms with Crippen molar-refractivity contribution in [2.75, 3.05) is 0 Å². The summed E-state index contributed by atoms with van der Waals surface area (Å²) in [7, 11) is 0. The van der Waals surface area contributed by atoms with Gasteiger partial charge in [0.25, 0.3) is 5.91 Å². The van der Waals surface area contributed by atoms with Gasteiger partial charge in [-0.3, -0.25) is 4.79 Å². The Morgan fingerprint density at radius 2 is 1.77 bits per heavy atom. The van der Waals surface area contributed by atoms with Gasteiger partial charge in [0.1, 0.15) is 11.6 Å². The Hall–Kier alpha value is -2.36. The molecule has 0 bridgehead atoms. The summed E-state index contributed by atoms with van der Waals surface area (Å²) < 4.78 is 18.5. The van der Waals surface area contributed by atoms with Crippen molar-refractivity contribution in [2.45, 2.75) is 32.9 Å². The first-order valence-electron chi connectivity index (χ1n) is 7.34. The lowest BCUT2D eigenvalue weighted by Crippen LogP contribution is -2.37. The SMILES string of the molecule is CC[C@@H](Oc1ccc(F)cc1)C(=O)NCc1ccc(C)cc1. The number of aryl methyl sites for hydroxylation is 1. The summed E-state index contributed by atoms with van der Waals surface area (Å²) in [6, 6.07) is 13.6. The van der Waals surface area contributed by atoms with Gasteiger partial charge >= 0.3 is 0 Å². The first kappa shape index (κ1) is 16.0. The molecule has 0 saturated carbocycles. The standard InChI is InChI=1S/C18H20FNO2/c1-3-17(22-16-10-8-15(19)9-11-16)18(21)20-12-14-6-4-13(2)5-7-14/h4-11,17H,3,12H2,1-2H3,(H,20,21)/t17-/m1/s1. The van der Waals surface area contributed by atoms with E-state index in [1.54, 1.807) is 0 Å². The van der Waals surface area contributed by atoms with E-state index >= 15 is 0 Å². The number of benzene rings is 2. The summed E-state index contributed by atoms with van der Waals surface area (Å²) in [6.45, 7) is 4.36. The van der Waals surface area contributed by atoms with Gasteiger partial charge in [-0.1, -0.05) is 36.8 Å². The summed E-state index contributed by atoms with van der Waals surface area (Å²) in [5.41, 5.74) is 2.22. The quantitative estimate of drug-likeness (QED) is 0.885. The van der Waals surface area contributed by atoms with Crippen molar-refractivity contribution in [1.82, 2.24) is 5.32 Å². The monoisotopic (exact) mass is 301 g/mol. The molecule has 3 nitrogen and oxygen atoms in total. The van der Waals surface area contributed by atoms with Gasteiger partial charge in [0.05, 0.1) is 0 Å². The summed E-state index contributed by atoms with van der Waals surface area (Å²) in [6.07, 6.45) is -0.0483. The zero-order valence-electron chi connectivity index (χ0n) is 12.8. The molecule has 0 unspecified atom stereocenters. The van der Waals surface area contributed by atoms with Gasteiger partial charge in [0.2, 0.25) is 0 Å². The van der Waals surface area contributed by atoms with Gasteiger partial charge in [-0.2, -0.15) is 0 Å². The molecule has 0 heterocycles. The molecular weight excluding hydrogens is 281 g/mol. The Labute approximate surface area is 130 Å². The minimum Gasteiger partial charge on any atom is -0.481 e. The molecule has 0 aliphatic heterocycles. The first-order chi connectivity index (χ1) is 10.6. The summed E-state index contributed by atoms with van der Waals surface area (Å²) in [5.74, 6) is -0.0182. The lowest BCUT2D eigenvalue weighted by molar-refractivity contribution is -0.128. The van der Waals surface area contributed by atoms with Crippen LogP contribution in [-0.2, 0) is 11.3 Å². The van der Waals surface area contributed by atoms with Crippen LogP contribution in [0.2, 0.25) is 0 Å². The van der Waals surface area contributed by atoms with E-state index in [4.69, 9.17) is 4.74 Å². The van der Waals surface area contributed by atoms with Gasteiger partial charge in [0.15, 0.2) is 6.10 Å². The highest BCUT2D eigenvalue weighted by Crippen LogP contribution is 2.14. The topological polar surface area (TPSA) is 38.3 Å². The fraction of sp³-hybridized carbons (Fsp3) is 0.278. The average Bonchev–Trinajstić information content (AvgIpc) is 2.53. The van der Waals surface area contributed by atoms with Crippen LogP contribution in [0, 0.1) is 12.7 Å². The smallest absolute Gasteiger partial charge is 0.261 e. The zero-order valence-corrected chi connectivity index (χ0v) is 12.8. The second kappa shape index (κ2) is 7.59. The lowest BCUT2D eigenvalue weighted by atomic mass is 10.1. The highest BCUT2D eigenvalue weighted by molar-refractivity contribution is 5.81. The van der Waals surface area contributed by atoms with Gasteiger partial charge in [0, 0.05) is 6.54 Å². The van der Waals surface area contributed by atoms with Crippen molar-refractivity contribution in [3.63, 3.8) is 0 Å². The van der Waals surface area contributed by atoms with E-state index in [1.807, 2.05) is 38.1 Å². The van der Waals surface area contributed by atoms with E-state index in [1.165, 1.54) is 29.8 Å². The molecule has 0 radical (unpaired) electrons. The molecular formula is C18H20FNO2. The maximum atomic E-state index is 12.9. The molecule has 22 heavy (non-hydrogen) atoms. The normalized spacial score (nSPS) is 11.8. The van der Waals surface area contributed by atoms with Crippen LogP contribution in [0.1, 0.15) is 24.5 Å². The molecule has 1 atom stereocenters. The number of carbonyl (C=O) groups excluding carboxylic acids is 1. The molecule has 0 spiro atoms. The van der Waals surface area contributed by atoms with E-state index in [2.05, 4.69) is 5.32 Å². The third-order valence-electron chi connectivity index (χ3n) is 3.34. The number of hydrogen-bond acceptors (Lipinski definition) is 2. The molecule has 4 heteroatoms. The zero-order chi connectivity index (χ0) is 15.9. The summed E-state index contributed by atoms with van der Waals surface area (Å²) >= 11 is 0. The molecule has 2 rings (SSSR count). The van der Waals surface area contributed by atoms with Gasteiger partial charge < -0.3 is 10.1 Å². The highest BCUT2D eigenvalue weighted by atomic mass is 19.1. The predicted octanol–water partition coefficient (Wildman–Crippen LogP) is 3.61. The average molecular weight is 301 g/mol. The second-order valence-electron chi connectivity index (χ2n) is 5.17. The van der Waals surface area contributed by atoms with Crippen LogP contribution < -0.4 is 10.1 Å². The largest absolute Gasteiger partial charge is 0.481 e. The fourth-order valence-electron chi connectivity index (χ4n) is 2.01. The molecule has 1 N–H and O–H groups in total. The minimum absolute atomic E-state index is 0.174. The van der Waals surface area contributed by atoms with Crippen LogP contribution in [0.25, 0.3) is 0 Å². The van der Waals surface area contributed by atoms with E-state index in [0.29, 0.717) is 18.7 Å². The van der Waals surface area contributed by atoms with Gasteiger partial charge in [-0.25, -0.2) is 4.39 Å². The lowest BCUT2D eigenvalue weighted by Gasteiger charge is -2.17. The van der Waals surface area contributed by atoms with Crippen molar-refractivity contribution in [2.24, 2.45) is 0 Å². The van der Waals surface area contributed by atoms with Crippen LogP contribution in [0.5, 0.6) is 5.75 Å². The van der Waals surface area contributed by atoms with Crippen molar-refractivity contribution in [3.05, 3.63) is 65.5 Å². The number of halogens is 1. The molecule has 2 aromatic rings. The Morgan fingerprint density at radius 1 is 1.14 bits per heavy atom. The van der Waals surface area contributed by atoms with Gasteiger partial charge in [-0.05, 0) is 43.2 Å². The van der Waals surface area contributed by atoms with Crippen molar-refractivity contribution in [1.29, 1.82) is 0 Å². The Balaban J connectivity index is 1.91. The molecule has 0 aliphatic rings. The summed E-state index contributed by atoms with van der Waals surface area (Å²) in [4.78, 5) is 12.2. The van der Waals surface area contributed by atoms with E-state index in [0.717, 1.165) is 5.56 Å². The summed E-state index contributed by atoms with van der Waals surface area (Å²) in [5, 5.41) is 2.86. The van der Waals surface area contributed by atoms with E-state index < -0.39 is 6.10 Å². The van der Waals surface area contributed by atoms with Crippen molar-refractivity contribution in [3.8, 4) is 5.75 Å². The van der Waals surface area contributed by atoms with Crippen LogP contribution in [-0.4, -0.2) is 12.0 Å². The van der Waals surface area contributed by atoms with Crippen LogP contribution in [0.4, 0.5) is 4.39 Å². The van der Waals surface area contributed by atoms with Crippen LogP contribution in [0.3, 0.4) is 0 Å². The Kier molecular flexibility index (Phi) is 5.53. The first-order valence-corrected chi connectivity index (χ1v) is 7.34. The number of rotatable bonds is 6. The highest BCUT2D eigenvalue weighted by Gasteiger charge is 2.17. The fourth-order valence-corrected chi connectivity index (χ4v) is 2.01. The third-order valence-corrected chi connectivity index (χ3v) is 3.34. The second-order valence-corrected chi connectivity index (χ2v) is 5.17. The Bertz CT molecular complexity index is 608.